The van der Waals surface area contributed by atoms with E-state index in [0.29, 0.717) is 6.54 Å². The van der Waals surface area contributed by atoms with E-state index in [0.717, 1.165) is 21.3 Å². The molecule has 0 aromatic heterocycles. The summed E-state index contributed by atoms with van der Waals surface area (Å²) in [6.07, 6.45) is -0.730. The van der Waals surface area contributed by atoms with Crippen LogP contribution >= 0.6 is 15.9 Å². The van der Waals surface area contributed by atoms with Crippen LogP contribution in [0, 0.1) is 0 Å². The Hall–Kier alpha value is -1.36. The lowest BCUT2D eigenvalue weighted by molar-refractivity contribution is 0.105. The Morgan fingerprint density at radius 3 is 2.00 bits per heavy atom. The van der Waals surface area contributed by atoms with Gasteiger partial charge in [0, 0.05) is 16.7 Å². The van der Waals surface area contributed by atoms with Crippen LogP contribution in [0.1, 0.15) is 0 Å². The number of benzene rings is 2. The highest BCUT2D eigenvalue weighted by Crippen LogP contribution is 2.23. The number of rotatable bonds is 5. The van der Waals surface area contributed by atoms with E-state index in [4.69, 9.17) is 5.11 Å². The molecule has 0 aliphatic carbocycles. The molecule has 0 heterocycles. The fourth-order valence-electron chi connectivity index (χ4n) is 1.72. The van der Waals surface area contributed by atoms with Crippen LogP contribution in [0.4, 0.5) is 5.69 Å². The fourth-order valence-corrected chi connectivity index (χ4v) is 1.99. The summed E-state index contributed by atoms with van der Waals surface area (Å²) < 4.78 is 1.06. The van der Waals surface area contributed by atoms with Gasteiger partial charge in [-0.15, -0.1) is 0 Å². The lowest BCUT2D eigenvalue weighted by Crippen LogP contribution is -2.22. The number of halogens is 1. The van der Waals surface area contributed by atoms with Crippen molar-refractivity contribution in [2.75, 3.05) is 18.5 Å². The minimum atomic E-state index is -0.730. The van der Waals surface area contributed by atoms with E-state index in [9.17, 15) is 5.11 Å². The molecule has 2 rings (SSSR count). The average Bonchev–Trinajstić information content (AvgIpc) is 2.46. The van der Waals surface area contributed by atoms with Crippen LogP contribution in [0.2, 0.25) is 0 Å². The Labute approximate surface area is 121 Å². The average molecular weight is 322 g/mol. The van der Waals surface area contributed by atoms with Crippen molar-refractivity contribution in [3.05, 3.63) is 53.0 Å². The summed E-state index contributed by atoms with van der Waals surface area (Å²) in [5.41, 5.74) is 3.22. The van der Waals surface area contributed by atoms with Crippen LogP contribution < -0.4 is 5.32 Å². The summed E-state index contributed by atoms with van der Waals surface area (Å²) in [7, 11) is 0. The van der Waals surface area contributed by atoms with Gasteiger partial charge >= 0.3 is 0 Å². The Kier molecular flexibility index (Phi) is 4.96. The van der Waals surface area contributed by atoms with E-state index >= 15 is 0 Å². The van der Waals surface area contributed by atoms with Crippen molar-refractivity contribution in [2.45, 2.75) is 6.10 Å². The maximum absolute atomic E-state index is 9.26. The Bertz CT molecular complexity index is 511. The topological polar surface area (TPSA) is 52.5 Å². The third kappa shape index (κ3) is 4.06. The maximum atomic E-state index is 9.26. The standard InChI is InChI=1S/C15H16BrNO2/c16-13-5-1-11(2-6-13)12-3-7-14(8-4-12)17-9-15(19)10-18/h1-8,15,17-19H,9-10H2. The molecule has 0 aliphatic rings. The van der Waals surface area contributed by atoms with Crippen LogP contribution in [0.25, 0.3) is 11.1 Å². The molecule has 0 bridgehead atoms. The molecular weight excluding hydrogens is 306 g/mol. The number of anilines is 1. The molecule has 3 N–H and O–H groups in total. The first-order valence-electron chi connectivity index (χ1n) is 6.08. The van der Waals surface area contributed by atoms with Gasteiger partial charge in [-0.1, -0.05) is 40.2 Å². The van der Waals surface area contributed by atoms with Gasteiger partial charge < -0.3 is 15.5 Å². The summed E-state index contributed by atoms with van der Waals surface area (Å²) >= 11 is 3.42. The molecule has 0 saturated heterocycles. The third-order valence-corrected chi connectivity index (χ3v) is 3.34. The van der Waals surface area contributed by atoms with Crippen LogP contribution in [0.3, 0.4) is 0 Å². The van der Waals surface area contributed by atoms with Gasteiger partial charge in [-0.25, -0.2) is 0 Å². The van der Waals surface area contributed by atoms with Crippen LogP contribution in [-0.4, -0.2) is 29.5 Å². The third-order valence-electron chi connectivity index (χ3n) is 2.82. The van der Waals surface area contributed by atoms with E-state index in [1.807, 2.05) is 36.4 Å². The Balaban J connectivity index is 2.04. The molecule has 1 unspecified atom stereocenters. The second-order valence-corrected chi connectivity index (χ2v) is 5.22. The predicted molar refractivity (Wildman–Crippen MR) is 81.2 cm³/mol. The van der Waals surface area contributed by atoms with E-state index in [1.165, 1.54) is 0 Å². The van der Waals surface area contributed by atoms with Gasteiger partial charge in [-0.2, -0.15) is 0 Å². The summed E-state index contributed by atoms with van der Waals surface area (Å²) in [5.74, 6) is 0. The van der Waals surface area contributed by atoms with E-state index in [1.54, 1.807) is 0 Å². The van der Waals surface area contributed by atoms with Gasteiger partial charge in [0.05, 0.1) is 12.7 Å². The highest BCUT2D eigenvalue weighted by atomic mass is 79.9. The van der Waals surface area contributed by atoms with Gasteiger partial charge in [0.15, 0.2) is 0 Å². The van der Waals surface area contributed by atoms with Crippen LogP contribution in [0.15, 0.2) is 53.0 Å². The normalized spacial score (nSPS) is 12.2. The van der Waals surface area contributed by atoms with Crippen molar-refractivity contribution < 1.29 is 10.2 Å². The first kappa shape index (κ1) is 14.1. The maximum Gasteiger partial charge on any atom is 0.0942 e. The van der Waals surface area contributed by atoms with E-state index < -0.39 is 6.10 Å². The molecule has 0 radical (unpaired) electrons. The summed E-state index contributed by atoms with van der Waals surface area (Å²) in [6, 6.07) is 16.1. The zero-order valence-electron chi connectivity index (χ0n) is 10.4. The number of nitrogens with one attached hydrogen (secondary N) is 1. The molecule has 0 saturated carbocycles. The molecular formula is C15H16BrNO2. The Morgan fingerprint density at radius 2 is 1.47 bits per heavy atom. The summed E-state index contributed by atoms with van der Waals surface area (Å²) in [4.78, 5) is 0. The van der Waals surface area contributed by atoms with E-state index in [-0.39, 0.29) is 6.61 Å². The van der Waals surface area contributed by atoms with Crippen molar-refractivity contribution in [3.8, 4) is 11.1 Å². The molecule has 0 spiro atoms. The minimum absolute atomic E-state index is 0.232. The number of aliphatic hydroxyl groups is 2. The van der Waals surface area contributed by atoms with Crippen molar-refractivity contribution in [3.63, 3.8) is 0 Å². The number of hydrogen-bond acceptors (Lipinski definition) is 3. The molecule has 0 amide bonds. The van der Waals surface area contributed by atoms with Crippen molar-refractivity contribution in [1.82, 2.24) is 0 Å². The van der Waals surface area contributed by atoms with Gasteiger partial charge in [0.2, 0.25) is 0 Å². The molecule has 2 aromatic rings. The smallest absolute Gasteiger partial charge is 0.0942 e. The number of aliphatic hydroxyl groups excluding tert-OH is 2. The quantitative estimate of drug-likeness (QED) is 0.793. The lowest BCUT2D eigenvalue weighted by atomic mass is 10.1. The highest BCUT2D eigenvalue weighted by Gasteiger charge is 2.02. The molecule has 4 heteroatoms. The van der Waals surface area contributed by atoms with Gasteiger partial charge in [-0.05, 0) is 35.4 Å². The zero-order valence-corrected chi connectivity index (χ0v) is 12.0. The summed E-state index contributed by atoms with van der Waals surface area (Å²) in [5, 5.41) is 21.1. The zero-order chi connectivity index (χ0) is 13.7. The van der Waals surface area contributed by atoms with Crippen LogP contribution in [0.5, 0.6) is 0 Å². The van der Waals surface area contributed by atoms with E-state index in [2.05, 4.69) is 33.4 Å². The Morgan fingerprint density at radius 1 is 0.947 bits per heavy atom. The first-order valence-corrected chi connectivity index (χ1v) is 6.87. The number of hydrogen-bond donors (Lipinski definition) is 3. The molecule has 0 fully saturated rings. The van der Waals surface area contributed by atoms with Gasteiger partial charge in [-0.3, -0.25) is 0 Å². The second kappa shape index (κ2) is 6.70. The highest BCUT2D eigenvalue weighted by molar-refractivity contribution is 9.10. The predicted octanol–water partition coefficient (Wildman–Crippen LogP) is 2.88. The molecule has 2 aromatic carbocycles. The first-order chi connectivity index (χ1) is 9.19. The van der Waals surface area contributed by atoms with Crippen LogP contribution in [-0.2, 0) is 0 Å². The van der Waals surface area contributed by atoms with Gasteiger partial charge in [0.25, 0.3) is 0 Å². The molecule has 100 valence electrons. The largest absolute Gasteiger partial charge is 0.394 e. The van der Waals surface area contributed by atoms with Crippen molar-refractivity contribution in [1.29, 1.82) is 0 Å². The van der Waals surface area contributed by atoms with Crippen molar-refractivity contribution in [2.24, 2.45) is 0 Å². The molecule has 19 heavy (non-hydrogen) atoms. The minimum Gasteiger partial charge on any atom is -0.394 e. The molecule has 1 atom stereocenters. The second-order valence-electron chi connectivity index (χ2n) is 4.30. The van der Waals surface area contributed by atoms with Crippen molar-refractivity contribution >= 4 is 21.6 Å². The van der Waals surface area contributed by atoms with Gasteiger partial charge in [0.1, 0.15) is 0 Å². The fraction of sp³-hybridized carbons (Fsp3) is 0.200. The molecule has 3 nitrogen and oxygen atoms in total. The molecule has 0 aliphatic heterocycles. The SMILES string of the molecule is OCC(O)CNc1ccc(-c2ccc(Br)cc2)cc1. The monoisotopic (exact) mass is 321 g/mol. The lowest BCUT2D eigenvalue weighted by Gasteiger charge is -2.10. The summed E-state index contributed by atoms with van der Waals surface area (Å²) in [6.45, 7) is 0.109.